The van der Waals surface area contributed by atoms with E-state index in [9.17, 15) is 20.4 Å². The van der Waals surface area contributed by atoms with Crippen molar-refractivity contribution in [3.63, 3.8) is 0 Å². The van der Waals surface area contributed by atoms with Gasteiger partial charge in [0.25, 0.3) is 0 Å². The van der Waals surface area contributed by atoms with E-state index in [4.69, 9.17) is 14.6 Å². The van der Waals surface area contributed by atoms with Crippen LogP contribution in [0.25, 0.3) is 0 Å². The second kappa shape index (κ2) is 7.65. The Hall–Kier alpha value is -0.280. The minimum atomic E-state index is -1.39. The average molecular weight is 296 g/mol. The average Bonchev–Trinajstić information content (AvgIpc) is 2.27. The molecular weight excluding hydrogens is 268 g/mol. The van der Waals surface area contributed by atoms with Gasteiger partial charge in [-0.1, -0.05) is 0 Å². The zero-order valence-corrected chi connectivity index (χ0v) is 12.7. The van der Waals surface area contributed by atoms with Gasteiger partial charge in [0.05, 0.1) is 39.1 Å². The molecule has 0 spiro atoms. The van der Waals surface area contributed by atoms with Gasteiger partial charge < -0.3 is 35.0 Å². The number of aliphatic hydroxyl groups is 5. The lowest BCUT2D eigenvalue weighted by Gasteiger charge is -2.30. The van der Waals surface area contributed by atoms with E-state index in [2.05, 4.69) is 0 Å². The number of ether oxygens (including phenoxy) is 2. The SMILES string of the molecule is CC(O)C(C)(O)COCC(C)(O)COCC(C)(O)CO. The van der Waals surface area contributed by atoms with Crippen LogP contribution in [0.5, 0.6) is 0 Å². The Morgan fingerprint density at radius 3 is 1.65 bits per heavy atom. The minimum absolute atomic E-state index is 0.0973. The molecule has 0 amide bonds. The van der Waals surface area contributed by atoms with Gasteiger partial charge in [0.15, 0.2) is 0 Å². The Morgan fingerprint density at radius 1 is 0.850 bits per heavy atom. The molecule has 7 heteroatoms. The molecule has 0 fully saturated rings. The molecule has 0 aliphatic rings. The van der Waals surface area contributed by atoms with Gasteiger partial charge in [-0.2, -0.15) is 0 Å². The molecule has 0 saturated heterocycles. The molecule has 0 rings (SSSR count). The summed E-state index contributed by atoms with van der Waals surface area (Å²) >= 11 is 0. The fourth-order valence-electron chi connectivity index (χ4n) is 1.18. The van der Waals surface area contributed by atoms with Crippen molar-refractivity contribution in [2.45, 2.75) is 50.6 Å². The number of hydrogen-bond acceptors (Lipinski definition) is 7. The molecule has 7 nitrogen and oxygen atoms in total. The highest BCUT2D eigenvalue weighted by Gasteiger charge is 2.30. The van der Waals surface area contributed by atoms with Crippen LogP contribution in [0, 0.1) is 0 Å². The summed E-state index contributed by atoms with van der Waals surface area (Å²) < 4.78 is 10.3. The molecule has 4 atom stereocenters. The third kappa shape index (κ3) is 8.11. The predicted molar refractivity (Wildman–Crippen MR) is 72.3 cm³/mol. The van der Waals surface area contributed by atoms with Gasteiger partial charge >= 0.3 is 0 Å². The van der Waals surface area contributed by atoms with E-state index in [1.165, 1.54) is 27.7 Å². The summed E-state index contributed by atoms with van der Waals surface area (Å²) in [5, 5.41) is 47.4. The summed E-state index contributed by atoms with van der Waals surface area (Å²) in [5.41, 5.74) is -4.05. The molecule has 122 valence electrons. The molecule has 0 aromatic heterocycles. The van der Waals surface area contributed by atoms with E-state index >= 15 is 0 Å². The molecule has 0 heterocycles. The number of aliphatic hydroxyl groups excluding tert-OH is 2. The zero-order valence-electron chi connectivity index (χ0n) is 12.7. The summed E-state index contributed by atoms with van der Waals surface area (Å²) in [6.45, 7) is 4.89. The van der Waals surface area contributed by atoms with Gasteiger partial charge in [0, 0.05) is 0 Å². The second-order valence-electron chi connectivity index (χ2n) is 6.17. The number of hydrogen-bond donors (Lipinski definition) is 5. The van der Waals surface area contributed by atoms with E-state index in [-0.39, 0.29) is 26.4 Å². The molecule has 20 heavy (non-hydrogen) atoms. The maximum atomic E-state index is 9.98. The van der Waals surface area contributed by atoms with E-state index < -0.39 is 29.5 Å². The predicted octanol–water partition coefficient (Wildman–Crippen LogP) is -1.35. The van der Waals surface area contributed by atoms with Gasteiger partial charge in [0.1, 0.15) is 16.8 Å². The summed E-state index contributed by atoms with van der Waals surface area (Å²) in [7, 11) is 0. The molecule has 0 aliphatic carbocycles. The largest absolute Gasteiger partial charge is 0.393 e. The van der Waals surface area contributed by atoms with Crippen LogP contribution in [0.15, 0.2) is 0 Å². The standard InChI is InChI=1S/C13H28O7/c1-10(15)13(4,18)9-20-8-12(3,17)7-19-6-11(2,16)5-14/h10,14-18H,5-9H2,1-4H3. The Morgan fingerprint density at radius 2 is 1.25 bits per heavy atom. The molecular formula is C13H28O7. The van der Waals surface area contributed by atoms with Gasteiger partial charge in [-0.15, -0.1) is 0 Å². The van der Waals surface area contributed by atoms with E-state index in [0.717, 1.165) is 0 Å². The first-order valence-corrected chi connectivity index (χ1v) is 6.53. The zero-order chi connectivity index (χ0) is 16.0. The monoisotopic (exact) mass is 296 g/mol. The maximum absolute atomic E-state index is 9.98. The fourth-order valence-corrected chi connectivity index (χ4v) is 1.18. The van der Waals surface area contributed by atoms with Crippen molar-refractivity contribution >= 4 is 0 Å². The Kier molecular flexibility index (Phi) is 7.54. The lowest BCUT2D eigenvalue weighted by molar-refractivity contribution is -0.146. The first kappa shape index (κ1) is 19.7. The van der Waals surface area contributed by atoms with Crippen molar-refractivity contribution in [3.8, 4) is 0 Å². The van der Waals surface area contributed by atoms with Gasteiger partial charge in [-0.3, -0.25) is 0 Å². The Bertz CT molecular complexity index is 274. The highest BCUT2D eigenvalue weighted by Crippen LogP contribution is 2.13. The van der Waals surface area contributed by atoms with Crippen LogP contribution in [0.3, 0.4) is 0 Å². The summed E-state index contributed by atoms with van der Waals surface area (Å²) in [6, 6.07) is 0. The Labute approximate surface area is 119 Å². The van der Waals surface area contributed by atoms with Crippen LogP contribution in [0.4, 0.5) is 0 Å². The molecule has 0 aromatic carbocycles. The number of rotatable bonds is 10. The lowest BCUT2D eigenvalue weighted by Crippen LogP contribution is -2.45. The first-order valence-electron chi connectivity index (χ1n) is 6.53. The fraction of sp³-hybridized carbons (Fsp3) is 1.00. The van der Waals surface area contributed by atoms with Crippen LogP contribution in [0.1, 0.15) is 27.7 Å². The van der Waals surface area contributed by atoms with E-state index in [1.807, 2.05) is 0 Å². The lowest BCUT2D eigenvalue weighted by atomic mass is 10.0. The van der Waals surface area contributed by atoms with Crippen LogP contribution in [-0.4, -0.2) is 81.5 Å². The van der Waals surface area contributed by atoms with Crippen LogP contribution >= 0.6 is 0 Å². The van der Waals surface area contributed by atoms with Crippen molar-refractivity contribution < 1.29 is 35.0 Å². The molecule has 0 aliphatic heterocycles. The summed E-state index contributed by atoms with van der Waals surface area (Å²) in [4.78, 5) is 0. The van der Waals surface area contributed by atoms with Gasteiger partial charge in [0.2, 0.25) is 0 Å². The summed E-state index contributed by atoms with van der Waals surface area (Å²) in [5.74, 6) is 0. The molecule has 0 aromatic rings. The third-order valence-corrected chi connectivity index (χ3v) is 2.87. The topological polar surface area (TPSA) is 120 Å². The van der Waals surface area contributed by atoms with Crippen molar-refractivity contribution in [2.75, 3.05) is 33.0 Å². The minimum Gasteiger partial charge on any atom is -0.393 e. The molecule has 5 N–H and O–H groups in total. The normalized spacial score (nSPS) is 22.6. The molecule has 4 unspecified atom stereocenters. The van der Waals surface area contributed by atoms with Crippen molar-refractivity contribution in [2.24, 2.45) is 0 Å². The molecule has 0 bridgehead atoms. The van der Waals surface area contributed by atoms with Crippen LogP contribution in [0.2, 0.25) is 0 Å². The molecule has 0 radical (unpaired) electrons. The van der Waals surface area contributed by atoms with Crippen molar-refractivity contribution in [3.05, 3.63) is 0 Å². The Balaban J connectivity index is 4.02. The smallest absolute Gasteiger partial charge is 0.111 e. The second-order valence-corrected chi connectivity index (χ2v) is 6.17. The highest BCUT2D eigenvalue weighted by atomic mass is 16.5. The maximum Gasteiger partial charge on any atom is 0.111 e. The summed E-state index contributed by atoms with van der Waals surface area (Å²) in [6.07, 6.45) is -0.955. The van der Waals surface area contributed by atoms with E-state index in [0.29, 0.717) is 0 Å². The highest BCUT2D eigenvalue weighted by molar-refractivity contribution is 4.79. The van der Waals surface area contributed by atoms with Crippen LogP contribution in [-0.2, 0) is 9.47 Å². The van der Waals surface area contributed by atoms with Crippen molar-refractivity contribution in [1.29, 1.82) is 0 Å². The molecule has 0 saturated carbocycles. The quantitative estimate of drug-likeness (QED) is 0.338. The van der Waals surface area contributed by atoms with E-state index in [1.54, 1.807) is 0 Å². The van der Waals surface area contributed by atoms with Gasteiger partial charge in [-0.25, -0.2) is 0 Å². The van der Waals surface area contributed by atoms with Crippen LogP contribution < -0.4 is 0 Å². The first-order chi connectivity index (χ1) is 8.92. The third-order valence-electron chi connectivity index (χ3n) is 2.87. The van der Waals surface area contributed by atoms with Gasteiger partial charge in [-0.05, 0) is 27.7 Å². The van der Waals surface area contributed by atoms with Crippen molar-refractivity contribution in [1.82, 2.24) is 0 Å².